The van der Waals surface area contributed by atoms with Crippen molar-refractivity contribution in [3.8, 4) is 27.8 Å². The maximum Gasteiger partial charge on any atom is 0.276 e. The summed E-state index contributed by atoms with van der Waals surface area (Å²) in [5.74, 6) is 0.00602. The van der Waals surface area contributed by atoms with E-state index < -0.39 is 11.8 Å². The van der Waals surface area contributed by atoms with Crippen LogP contribution in [0.3, 0.4) is 0 Å². The Morgan fingerprint density at radius 1 is 0.971 bits per heavy atom. The summed E-state index contributed by atoms with van der Waals surface area (Å²) in [6.45, 7) is 2.07. The zero-order valence-electron chi connectivity index (χ0n) is 19.0. The maximum atomic E-state index is 12.3. The van der Waals surface area contributed by atoms with Gasteiger partial charge < -0.3 is 9.47 Å². The van der Waals surface area contributed by atoms with Crippen molar-refractivity contribution < 1.29 is 19.1 Å². The molecule has 8 nitrogen and oxygen atoms in total. The van der Waals surface area contributed by atoms with E-state index in [1.165, 1.54) is 6.08 Å². The van der Waals surface area contributed by atoms with E-state index in [-0.39, 0.29) is 6.61 Å². The molecule has 2 aromatic heterocycles. The van der Waals surface area contributed by atoms with Crippen molar-refractivity contribution in [3.05, 3.63) is 89.9 Å². The van der Waals surface area contributed by atoms with E-state index in [9.17, 15) is 9.59 Å². The summed E-state index contributed by atoms with van der Waals surface area (Å²) in [6, 6.07) is 20.7. The van der Waals surface area contributed by atoms with Crippen LogP contribution in [-0.4, -0.2) is 34.8 Å². The molecule has 0 spiro atoms. The Bertz CT molecular complexity index is 1300. The van der Waals surface area contributed by atoms with E-state index in [0.29, 0.717) is 18.1 Å². The molecular weight excluding hydrogens is 464 g/mol. The summed E-state index contributed by atoms with van der Waals surface area (Å²) in [7, 11) is 0. The van der Waals surface area contributed by atoms with Gasteiger partial charge >= 0.3 is 0 Å². The molecule has 2 aromatic carbocycles. The second-order valence-corrected chi connectivity index (χ2v) is 8.18. The smallest absolute Gasteiger partial charge is 0.276 e. The Morgan fingerprint density at radius 3 is 2.43 bits per heavy atom. The number of rotatable bonds is 9. The van der Waals surface area contributed by atoms with Gasteiger partial charge in [-0.3, -0.25) is 20.4 Å². The number of carbonyl (C=O) groups excluding carboxylic acids is 2. The fourth-order valence-electron chi connectivity index (χ4n) is 3.19. The number of carbonyl (C=O) groups is 2. The Labute approximate surface area is 206 Å². The van der Waals surface area contributed by atoms with Gasteiger partial charge in [0.05, 0.1) is 17.2 Å². The average molecular weight is 489 g/mol. The molecule has 35 heavy (non-hydrogen) atoms. The number of para-hydroxylation sites is 3. The summed E-state index contributed by atoms with van der Waals surface area (Å²) in [5, 5.41) is 6.67. The zero-order valence-corrected chi connectivity index (χ0v) is 19.8. The molecule has 0 aliphatic heterocycles. The van der Waals surface area contributed by atoms with Crippen molar-refractivity contribution in [1.82, 2.24) is 20.6 Å². The lowest BCUT2D eigenvalue weighted by atomic mass is 10.2. The van der Waals surface area contributed by atoms with Crippen molar-refractivity contribution in [3.63, 3.8) is 0 Å². The zero-order chi connectivity index (χ0) is 24.5. The summed E-state index contributed by atoms with van der Waals surface area (Å²) in [4.78, 5) is 25.4. The van der Waals surface area contributed by atoms with Gasteiger partial charge in [0, 0.05) is 17.8 Å². The highest BCUT2D eigenvalue weighted by molar-refractivity contribution is 7.13. The SMILES string of the molecule is CCOc1ccccc1OCC(=O)NNC(=O)/C=C/c1cn(-c2ccccc2)nc1-c1cccs1. The average Bonchev–Trinajstić information content (AvgIpc) is 3.56. The summed E-state index contributed by atoms with van der Waals surface area (Å²) in [5.41, 5.74) is 7.14. The third kappa shape index (κ3) is 6.36. The molecule has 0 fully saturated rings. The molecular formula is C26H24N4O4S. The van der Waals surface area contributed by atoms with Crippen LogP contribution in [0.25, 0.3) is 22.3 Å². The molecule has 0 saturated heterocycles. The largest absolute Gasteiger partial charge is 0.490 e. The minimum Gasteiger partial charge on any atom is -0.490 e. The molecule has 0 saturated carbocycles. The summed E-state index contributed by atoms with van der Waals surface area (Å²) >= 11 is 1.56. The van der Waals surface area contributed by atoms with Crippen LogP contribution < -0.4 is 20.3 Å². The van der Waals surface area contributed by atoms with Crippen LogP contribution in [0.1, 0.15) is 12.5 Å². The van der Waals surface area contributed by atoms with E-state index in [1.807, 2.05) is 67.0 Å². The molecule has 0 radical (unpaired) electrons. The van der Waals surface area contributed by atoms with Crippen molar-refractivity contribution in [2.75, 3.05) is 13.2 Å². The van der Waals surface area contributed by atoms with Gasteiger partial charge in [-0.25, -0.2) is 4.68 Å². The van der Waals surface area contributed by atoms with Crippen LogP contribution in [0, 0.1) is 0 Å². The number of ether oxygens (including phenoxy) is 2. The first-order chi connectivity index (χ1) is 17.1. The highest BCUT2D eigenvalue weighted by Crippen LogP contribution is 2.28. The predicted octanol–water partition coefficient (Wildman–Crippen LogP) is 4.24. The van der Waals surface area contributed by atoms with E-state index in [1.54, 1.807) is 40.3 Å². The van der Waals surface area contributed by atoms with E-state index >= 15 is 0 Å². The van der Waals surface area contributed by atoms with Crippen LogP contribution in [0.15, 0.2) is 84.4 Å². The fourth-order valence-corrected chi connectivity index (χ4v) is 3.92. The molecule has 2 amide bonds. The molecule has 0 bridgehead atoms. The molecule has 0 unspecified atom stereocenters. The monoisotopic (exact) mass is 488 g/mol. The number of hydrogen-bond acceptors (Lipinski definition) is 6. The third-order valence-electron chi connectivity index (χ3n) is 4.76. The third-order valence-corrected chi connectivity index (χ3v) is 5.64. The van der Waals surface area contributed by atoms with Crippen molar-refractivity contribution >= 4 is 29.2 Å². The van der Waals surface area contributed by atoms with Crippen LogP contribution >= 0.6 is 11.3 Å². The Balaban J connectivity index is 1.36. The first kappa shape index (κ1) is 23.8. The van der Waals surface area contributed by atoms with Crippen LogP contribution in [0.5, 0.6) is 11.5 Å². The summed E-state index contributed by atoms with van der Waals surface area (Å²) in [6.07, 6.45) is 4.86. The first-order valence-corrected chi connectivity index (χ1v) is 11.8. The second-order valence-electron chi connectivity index (χ2n) is 7.23. The lowest BCUT2D eigenvalue weighted by Crippen LogP contribution is -2.43. The molecule has 178 valence electrons. The molecule has 2 N–H and O–H groups in total. The van der Waals surface area contributed by atoms with Crippen LogP contribution in [0.4, 0.5) is 0 Å². The van der Waals surface area contributed by atoms with Gasteiger partial charge in [0.25, 0.3) is 11.8 Å². The Morgan fingerprint density at radius 2 is 1.71 bits per heavy atom. The van der Waals surface area contributed by atoms with Gasteiger partial charge in [0.15, 0.2) is 18.1 Å². The number of benzene rings is 2. The molecule has 0 aliphatic carbocycles. The van der Waals surface area contributed by atoms with Gasteiger partial charge in [-0.2, -0.15) is 5.10 Å². The predicted molar refractivity (Wildman–Crippen MR) is 135 cm³/mol. The Hall–Kier alpha value is -4.37. The van der Waals surface area contributed by atoms with Crippen molar-refractivity contribution in [1.29, 1.82) is 0 Å². The number of thiophene rings is 1. The molecule has 4 aromatic rings. The quantitative estimate of drug-likeness (QED) is 0.272. The number of nitrogens with one attached hydrogen (secondary N) is 2. The summed E-state index contributed by atoms with van der Waals surface area (Å²) < 4.78 is 12.7. The lowest BCUT2D eigenvalue weighted by Gasteiger charge is -2.11. The molecule has 2 heterocycles. The number of hydrogen-bond donors (Lipinski definition) is 2. The highest BCUT2D eigenvalue weighted by atomic mass is 32.1. The molecule has 0 atom stereocenters. The molecule has 4 rings (SSSR count). The number of nitrogens with zero attached hydrogens (tertiary/aromatic N) is 2. The molecule has 9 heteroatoms. The minimum atomic E-state index is -0.505. The second kappa shape index (κ2) is 11.7. The van der Waals surface area contributed by atoms with Crippen molar-refractivity contribution in [2.45, 2.75) is 6.92 Å². The standard InChI is InChI=1S/C26H24N4O4S/c1-2-33-21-11-6-7-12-22(21)34-18-25(32)28-27-24(31)15-14-19-17-30(20-9-4-3-5-10-20)29-26(19)23-13-8-16-35-23/h3-17H,2,18H2,1H3,(H,27,31)(H,28,32)/b15-14+. The van der Waals surface area contributed by atoms with Crippen molar-refractivity contribution in [2.24, 2.45) is 0 Å². The van der Waals surface area contributed by atoms with E-state index in [4.69, 9.17) is 14.6 Å². The normalized spacial score (nSPS) is 10.8. The first-order valence-electron chi connectivity index (χ1n) is 10.9. The Kier molecular flexibility index (Phi) is 7.92. The van der Waals surface area contributed by atoms with E-state index in [2.05, 4.69) is 10.9 Å². The van der Waals surface area contributed by atoms with Gasteiger partial charge in [-0.15, -0.1) is 11.3 Å². The number of amides is 2. The number of aromatic nitrogens is 2. The van der Waals surface area contributed by atoms with Gasteiger partial charge in [0.1, 0.15) is 5.69 Å². The topological polar surface area (TPSA) is 94.5 Å². The fraction of sp³-hybridized carbons (Fsp3) is 0.115. The molecule has 0 aliphatic rings. The van der Waals surface area contributed by atoms with E-state index in [0.717, 1.165) is 21.8 Å². The van der Waals surface area contributed by atoms with Gasteiger partial charge in [-0.05, 0) is 48.7 Å². The highest BCUT2D eigenvalue weighted by Gasteiger charge is 2.12. The van der Waals surface area contributed by atoms with Crippen LogP contribution in [0.2, 0.25) is 0 Å². The van der Waals surface area contributed by atoms with Crippen LogP contribution in [-0.2, 0) is 9.59 Å². The minimum absolute atomic E-state index is 0.277. The maximum absolute atomic E-state index is 12.3. The number of hydrazine groups is 1. The van der Waals surface area contributed by atoms with Gasteiger partial charge in [0.2, 0.25) is 0 Å². The van der Waals surface area contributed by atoms with Gasteiger partial charge in [-0.1, -0.05) is 36.4 Å². The lowest BCUT2D eigenvalue weighted by molar-refractivity contribution is -0.128.